The molecule has 1 atom stereocenters. The van der Waals surface area contributed by atoms with Gasteiger partial charge in [0.2, 0.25) is 0 Å². The smallest absolute Gasteiger partial charge is 0.407 e. The number of benzene rings is 3. The Labute approximate surface area is 232 Å². The van der Waals surface area contributed by atoms with Crippen LogP contribution in [0.4, 0.5) is 4.79 Å². The number of rotatable bonds is 8. The summed E-state index contributed by atoms with van der Waals surface area (Å²) in [6, 6.07) is 24.6. The minimum absolute atomic E-state index is 0.0308. The van der Waals surface area contributed by atoms with Crippen LogP contribution in [0, 0.1) is 5.41 Å². The molecule has 202 valence electrons. The molecular formula is C35H39NO3. The van der Waals surface area contributed by atoms with Crippen molar-refractivity contribution in [2.45, 2.75) is 58.5 Å². The molecule has 0 fully saturated rings. The molecule has 2 N–H and O–H groups in total. The highest BCUT2D eigenvalue weighted by Gasteiger charge is 2.29. The van der Waals surface area contributed by atoms with Crippen LogP contribution in [0.15, 0.2) is 90.0 Å². The van der Waals surface area contributed by atoms with Gasteiger partial charge in [-0.25, -0.2) is 4.79 Å². The molecule has 0 heterocycles. The number of amides is 1. The SMILES string of the molecule is CC1=C(/C=C/c2cccc([C@@H](O)CCNC(=O)OCC3c4ccccc4-c4ccccc43)c2)C(C)(C)CCC1. The molecule has 0 spiro atoms. The Morgan fingerprint density at radius 1 is 1.03 bits per heavy atom. The number of hydrogen-bond acceptors (Lipinski definition) is 3. The summed E-state index contributed by atoms with van der Waals surface area (Å²) in [5.41, 5.74) is 9.79. The highest BCUT2D eigenvalue weighted by Crippen LogP contribution is 2.44. The summed E-state index contributed by atoms with van der Waals surface area (Å²) in [6.07, 6.45) is 7.31. The Kier molecular flexibility index (Phi) is 8.04. The minimum atomic E-state index is -0.667. The van der Waals surface area contributed by atoms with Gasteiger partial charge in [-0.1, -0.05) is 98.3 Å². The molecule has 0 aromatic heterocycles. The number of carbonyl (C=O) groups is 1. The van der Waals surface area contributed by atoms with E-state index in [2.05, 4.69) is 68.6 Å². The Morgan fingerprint density at radius 3 is 2.41 bits per heavy atom. The van der Waals surface area contributed by atoms with Crippen molar-refractivity contribution in [2.24, 2.45) is 5.41 Å². The predicted molar refractivity (Wildman–Crippen MR) is 158 cm³/mol. The number of aliphatic hydroxyl groups excluding tert-OH is 1. The van der Waals surface area contributed by atoms with Crippen molar-refractivity contribution >= 4 is 12.2 Å². The Hall–Kier alpha value is -3.63. The molecule has 0 unspecified atom stereocenters. The van der Waals surface area contributed by atoms with E-state index >= 15 is 0 Å². The first-order chi connectivity index (χ1) is 18.8. The lowest BCUT2D eigenvalue weighted by molar-refractivity contribution is 0.136. The number of nitrogens with one attached hydrogen (secondary N) is 1. The summed E-state index contributed by atoms with van der Waals surface area (Å²) < 4.78 is 5.62. The first kappa shape index (κ1) is 27.0. The maximum Gasteiger partial charge on any atom is 0.407 e. The van der Waals surface area contributed by atoms with E-state index in [1.165, 1.54) is 52.7 Å². The number of aliphatic hydroxyl groups is 1. The van der Waals surface area contributed by atoms with Crippen molar-refractivity contribution in [3.8, 4) is 11.1 Å². The molecule has 0 bridgehead atoms. The number of carbonyl (C=O) groups excluding carboxylic acids is 1. The second-order valence-corrected chi connectivity index (χ2v) is 11.5. The van der Waals surface area contributed by atoms with Gasteiger partial charge in [-0.3, -0.25) is 0 Å². The zero-order chi connectivity index (χ0) is 27.4. The van der Waals surface area contributed by atoms with Gasteiger partial charge in [0.25, 0.3) is 0 Å². The molecular weight excluding hydrogens is 482 g/mol. The molecule has 3 aromatic rings. The molecule has 2 aliphatic rings. The molecule has 0 aliphatic heterocycles. The van der Waals surface area contributed by atoms with Gasteiger partial charge in [-0.2, -0.15) is 0 Å². The quantitative estimate of drug-likeness (QED) is 0.314. The van der Waals surface area contributed by atoms with Crippen molar-refractivity contribution in [1.29, 1.82) is 0 Å². The second kappa shape index (κ2) is 11.6. The van der Waals surface area contributed by atoms with Gasteiger partial charge in [-0.05, 0) is 83.0 Å². The largest absolute Gasteiger partial charge is 0.449 e. The van der Waals surface area contributed by atoms with Crippen LogP contribution in [0.3, 0.4) is 0 Å². The molecule has 4 heteroatoms. The maximum absolute atomic E-state index is 12.5. The Balaban J connectivity index is 1.13. The Morgan fingerprint density at radius 2 is 1.72 bits per heavy atom. The van der Waals surface area contributed by atoms with Crippen molar-refractivity contribution in [3.63, 3.8) is 0 Å². The second-order valence-electron chi connectivity index (χ2n) is 11.5. The molecule has 39 heavy (non-hydrogen) atoms. The summed E-state index contributed by atoms with van der Waals surface area (Å²) in [5.74, 6) is 0.0308. The predicted octanol–water partition coefficient (Wildman–Crippen LogP) is 8.19. The number of hydrogen-bond donors (Lipinski definition) is 2. The lowest BCUT2D eigenvalue weighted by Crippen LogP contribution is -2.27. The molecule has 1 amide bonds. The van der Waals surface area contributed by atoms with Gasteiger partial charge in [0.15, 0.2) is 0 Å². The van der Waals surface area contributed by atoms with Crippen LogP contribution in [0.5, 0.6) is 0 Å². The average molecular weight is 522 g/mol. The first-order valence-corrected chi connectivity index (χ1v) is 14.1. The summed E-state index contributed by atoms with van der Waals surface area (Å²) in [7, 11) is 0. The highest BCUT2D eigenvalue weighted by molar-refractivity contribution is 5.79. The van der Waals surface area contributed by atoms with E-state index in [-0.39, 0.29) is 17.9 Å². The van der Waals surface area contributed by atoms with Crippen LogP contribution in [0.1, 0.15) is 80.7 Å². The molecule has 3 aromatic carbocycles. The minimum Gasteiger partial charge on any atom is -0.449 e. The van der Waals surface area contributed by atoms with Crippen LogP contribution >= 0.6 is 0 Å². The van der Waals surface area contributed by atoms with Gasteiger partial charge >= 0.3 is 6.09 Å². The molecule has 0 radical (unpaired) electrons. The zero-order valence-corrected chi connectivity index (χ0v) is 23.2. The fourth-order valence-corrected chi connectivity index (χ4v) is 6.19. The molecule has 0 saturated heterocycles. The van der Waals surface area contributed by atoms with Crippen LogP contribution < -0.4 is 5.32 Å². The van der Waals surface area contributed by atoms with Crippen molar-refractivity contribution in [2.75, 3.05) is 13.2 Å². The third kappa shape index (κ3) is 6.02. The fraction of sp³-hybridized carbons (Fsp3) is 0.343. The number of alkyl carbamates (subject to hydrolysis) is 1. The Bertz CT molecular complexity index is 1350. The standard InChI is InChI=1S/C35H39NO3/c1-24-10-9-20-35(2,3)32(24)18-17-25-11-8-12-26(22-25)33(37)19-21-36-34(38)39-23-31-29-15-6-4-13-27(29)28-14-5-7-16-30(28)31/h4-8,11-18,22,31,33,37H,9-10,19-21,23H2,1-3H3,(H,36,38)/b18-17+/t33-/m0/s1. The lowest BCUT2D eigenvalue weighted by Gasteiger charge is -2.32. The van der Waals surface area contributed by atoms with Gasteiger partial charge in [0.05, 0.1) is 6.10 Å². The third-order valence-electron chi connectivity index (χ3n) is 8.31. The fourth-order valence-electron chi connectivity index (χ4n) is 6.19. The van der Waals surface area contributed by atoms with E-state index in [9.17, 15) is 9.90 Å². The number of ether oxygens (including phenoxy) is 1. The molecule has 0 saturated carbocycles. The van der Waals surface area contributed by atoms with Crippen LogP contribution in [-0.2, 0) is 4.74 Å². The normalized spacial score (nSPS) is 17.1. The van der Waals surface area contributed by atoms with Gasteiger partial charge in [0, 0.05) is 12.5 Å². The molecule has 2 aliphatic carbocycles. The molecule has 5 rings (SSSR count). The van der Waals surface area contributed by atoms with Crippen LogP contribution in [0.25, 0.3) is 17.2 Å². The average Bonchev–Trinajstić information content (AvgIpc) is 3.25. The third-order valence-corrected chi connectivity index (χ3v) is 8.31. The zero-order valence-electron chi connectivity index (χ0n) is 23.2. The maximum atomic E-state index is 12.5. The summed E-state index contributed by atoms with van der Waals surface area (Å²) in [5, 5.41) is 13.6. The van der Waals surface area contributed by atoms with Crippen molar-refractivity contribution in [1.82, 2.24) is 5.32 Å². The summed E-state index contributed by atoms with van der Waals surface area (Å²) >= 11 is 0. The monoisotopic (exact) mass is 521 g/mol. The van der Waals surface area contributed by atoms with Crippen LogP contribution in [-0.4, -0.2) is 24.4 Å². The van der Waals surface area contributed by atoms with Crippen molar-refractivity contribution < 1.29 is 14.6 Å². The molecule has 4 nitrogen and oxygen atoms in total. The van der Waals surface area contributed by atoms with Gasteiger partial charge < -0.3 is 15.2 Å². The number of allylic oxidation sites excluding steroid dienone is 3. The van der Waals surface area contributed by atoms with E-state index in [1.807, 2.05) is 42.5 Å². The van der Waals surface area contributed by atoms with Gasteiger partial charge in [-0.15, -0.1) is 0 Å². The summed E-state index contributed by atoms with van der Waals surface area (Å²) in [6.45, 7) is 7.49. The van der Waals surface area contributed by atoms with Gasteiger partial charge in [0.1, 0.15) is 6.61 Å². The van der Waals surface area contributed by atoms with E-state index in [0.29, 0.717) is 13.0 Å². The highest BCUT2D eigenvalue weighted by atomic mass is 16.5. The van der Waals surface area contributed by atoms with Crippen molar-refractivity contribution in [3.05, 3.63) is 112 Å². The van der Waals surface area contributed by atoms with E-state index in [1.54, 1.807) is 0 Å². The van der Waals surface area contributed by atoms with E-state index < -0.39 is 12.2 Å². The lowest BCUT2D eigenvalue weighted by atomic mass is 9.72. The van der Waals surface area contributed by atoms with E-state index in [0.717, 1.165) is 11.1 Å². The number of fused-ring (bicyclic) bond motifs is 3. The van der Waals surface area contributed by atoms with Crippen LogP contribution in [0.2, 0.25) is 0 Å². The first-order valence-electron chi connectivity index (χ1n) is 14.1. The van der Waals surface area contributed by atoms with E-state index in [4.69, 9.17) is 4.74 Å². The summed E-state index contributed by atoms with van der Waals surface area (Å²) in [4.78, 5) is 12.5. The topological polar surface area (TPSA) is 58.6 Å².